The van der Waals surface area contributed by atoms with Crippen LogP contribution in [0.1, 0.15) is 41.6 Å². The zero-order valence-electron chi connectivity index (χ0n) is 16.1. The Morgan fingerprint density at radius 3 is 2.73 bits per heavy atom. The van der Waals surface area contributed by atoms with E-state index in [1.807, 2.05) is 18.2 Å². The van der Waals surface area contributed by atoms with Crippen molar-refractivity contribution in [1.82, 2.24) is 20.0 Å². The van der Waals surface area contributed by atoms with E-state index in [-0.39, 0.29) is 29.9 Å². The van der Waals surface area contributed by atoms with Gasteiger partial charge in [-0.2, -0.15) is 4.98 Å². The molecule has 0 saturated carbocycles. The molecule has 9 nitrogen and oxygen atoms in total. The van der Waals surface area contributed by atoms with E-state index in [2.05, 4.69) is 15.1 Å². The van der Waals surface area contributed by atoms with Crippen molar-refractivity contribution in [1.29, 1.82) is 0 Å². The second kappa shape index (κ2) is 8.73. The van der Waals surface area contributed by atoms with Gasteiger partial charge in [0.15, 0.2) is 6.61 Å². The number of ether oxygens (including phenoxy) is 1. The van der Waals surface area contributed by atoms with Gasteiger partial charge in [0.1, 0.15) is 17.5 Å². The number of hydrogen-bond donors (Lipinski definition) is 1. The first-order chi connectivity index (χ1) is 14.6. The predicted molar refractivity (Wildman–Crippen MR) is 105 cm³/mol. The molecule has 4 rings (SSSR count). The fraction of sp³-hybridized carbons (Fsp3) is 0.286. The Morgan fingerprint density at radius 2 is 2.00 bits per heavy atom. The molecule has 1 atom stereocenters. The summed E-state index contributed by atoms with van der Waals surface area (Å²) in [5.74, 6) is 0.0156. The number of aromatic carboxylic acids is 1. The molecular formula is C21H20N4O5. The summed E-state index contributed by atoms with van der Waals surface area (Å²) in [6.45, 7) is 0.518. The first-order valence-electron chi connectivity index (χ1n) is 9.62. The van der Waals surface area contributed by atoms with Gasteiger partial charge in [0.25, 0.3) is 5.91 Å². The summed E-state index contributed by atoms with van der Waals surface area (Å²) in [5, 5.41) is 12.9. The van der Waals surface area contributed by atoms with Crippen LogP contribution in [0, 0.1) is 0 Å². The highest BCUT2D eigenvalue weighted by atomic mass is 16.5. The minimum atomic E-state index is -1.06. The molecule has 1 aromatic carbocycles. The lowest BCUT2D eigenvalue weighted by Crippen LogP contribution is -2.41. The highest BCUT2D eigenvalue weighted by Crippen LogP contribution is 2.31. The number of amides is 1. The Morgan fingerprint density at radius 1 is 1.17 bits per heavy atom. The monoisotopic (exact) mass is 408 g/mol. The van der Waals surface area contributed by atoms with Gasteiger partial charge in [-0.25, -0.2) is 4.79 Å². The standard InChI is InChI=1S/C21H20N4O5/c26-18(13-29-15-6-2-1-3-7-15)25-11-5-4-8-17(25)20-23-19(24-30-20)16-10-9-14(12-22-16)21(27)28/h1-3,6-7,9-10,12,17H,4-5,8,11,13H2,(H,27,28)/t17-/m1/s1. The topological polar surface area (TPSA) is 119 Å². The van der Waals surface area contributed by atoms with Crippen LogP contribution in [0.2, 0.25) is 0 Å². The fourth-order valence-electron chi connectivity index (χ4n) is 3.36. The molecule has 3 aromatic rings. The van der Waals surface area contributed by atoms with E-state index < -0.39 is 5.97 Å². The number of hydrogen-bond acceptors (Lipinski definition) is 7. The van der Waals surface area contributed by atoms with E-state index in [1.165, 1.54) is 18.3 Å². The van der Waals surface area contributed by atoms with Crippen molar-refractivity contribution in [3.8, 4) is 17.3 Å². The summed E-state index contributed by atoms with van der Waals surface area (Å²) in [5.41, 5.74) is 0.473. The van der Waals surface area contributed by atoms with E-state index >= 15 is 0 Å². The van der Waals surface area contributed by atoms with E-state index in [0.29, 0.717) is 30.3 Å². The summed E-state index contributed by atoms with van der Waals surface area (Å²) >= 11 is 0. The zero-order chi connectivity index (χ0) is 20.9. The molecule has 0 spiro atoms. The number of pyridine rings is 1. The minimum Gasteiger partial charge on any atom is -0.484 e. The molecule has 1 aliphatic rings. The van der Waals surface area contributed by atoms with E-state index in [1.54, 1.807) is 17.0 Å². The van der Waals surface area contributed by atoms with Crippen LogP contribution in [0.3, 0.4) is 0 Å². The van der Waals surface area contributed by atoms with Crippen LogP contribution in [0.15, 0.2) is 53.2 Å². The minimum absolute atomic E-state index is 0.0697. The third kappa shape index (κ3) is 4.29. The van der Waals surface area contributed by atoms with E-state index in [0.717, 1.165) is 12.8 Å². The molecule has 0 radical (unpaired) electrons. The Balaban J connectivity index is 1.47. The number of benzene rings is 1. The average Bonchev–Trinajstić information content (AvgIpc) is 3.28. The third-order valence-corrected chi connectivity index (χ3v) is 4.89. The molecular weight excluding hydrogens is 388 g/mol. The lowest BCUT2D eigenvalue weighted by Gasteiger charge is -2.33. The lowest BCUT2D eigenvalue weighted by atomic mass is 10.0. The Hall–Kier alpha value is -3.75. The maximum atomic E-state index is 12.8. The first kappa shape index (κ1) is 19.6. The number of likely N-dealkylation sites (tertiary alicyclic amines) is 1. The summed E-state index contributed by atoms with van der Waals surface area (Å²) in [4.78, 5) is 33.9. The number of piperidine rings is 1. The molecule has 0 unspecified atom stereocenters. The maximum absolute atomic E-state index is 12.8. The molecule has 2 aromatic heterocycles. The van der Waals surface area contributed by atoms with Crippen LogP contribution in [0.4, 0.5) is 0 Å². The summed E-state index contributed by atoms with van der Waals surface area (Å²) in [6.07, 6.45) is 3.79. The molecule has 0 aliphatic carbocycles. The molecule has 30 heavy (non-hydrogen) atoms. The van der Waals surface area contributed by atoms with Crippen molar-refractivity contribution in [3.63, 3.8) is 0 Å². The number of carboxylic acid groups (broad SMARTS) is 1. The summed E-state index contributed by atoms with van der Waals surface area (Å²) in [6, 6.07) is 11.8. The van der Waals surface area contributed by atoms with Crippen LogP contribution in [0.5, 0.6) is 5.75 Å². The predicted octanol–water partition coefficient (Wildman–Crippen LogP) is 2.96. The highest BCUT2D eigenvalue weighted by Gasteiger charge is 2.32. The van der Waals surface area contributed by atoms with Crippen molar-refractivity contribution in [2.24, 2.45) is 0 Å². The molecule has 1 fully saturated rings. The van der Waals surface area contributed by atoms with Crippen molar-refractivity contribution in [3.05, 3.63) is 60.1 Å². The van der Waals surface area contributed by atoms with Gasteiger partial charge in [-0.3, -0.25) is 9.78 Å². The summed E-state index contributed by atoms with van der Waals surface area (Å²) < 4.78 is 11.0. The van der Waals surface area contributed by atoms with Gasteiger partial charge in [0, 0.05) is 12.7 Å². The first-order valence-corrected chi connectivity index (χ1v) is 9.62. The van der Waals surface area contributed by atoms with Gasteiger partial charge in [-0.1, -0.05) is 23.4 Å². The normalized spacial score (nSPS) is 16.3. The average molecular weight is 408 g/mol. The van der Waals surface area contributed by atoms with Gasteiger partial charge >= 0.3 is 5.97 Å². The summed E-state index contributed by atoms with van der Waals surface area (Å²) in [7, 11) is 0. The van der Waals surface area contributed by atoms with Gasteiger partial charge in [-0.05, 0) is 43.5 Å². The van der Waals surface area contributed by atoms with E-state index in [9.17, 15) is 9.59 Å². The molecule has 9 heteroatoms. The molecule has 1 saturated heterocycles. The number of carbonyl (C=O) groups excluding carboxylic acids is 1. The number of nitrogens with zero attached hydrogens (tertiary/aromatic N) is 4. The van der Waals surface area contributed by atoms with Gasteiger partial charge in [0.2, 0.25) is 11.7 Å². The quantitative estimate of drug-likeness (QED) is 0.661. The van der Waals surface area contributed by atoms with Gasteiger partial charge < -0.3 is 19.3 Å². The number of rotatable bonds is 6. The van der Waals surface area contributed by atoms with Crippen molar-refractivity contribution < 1.29 is 24.0 Å². The molecule has 3 heterocycles. The second-order valence-electron chi connectivity index (χ2n) is 6.89. The second-order valence-corrected chi connectivity index (χ2v) is 6.89. The maximum Gasteiger partial charge on any atom is 0.337 e. The molecule has 1 N–H and O–H groups in total. The third-order valence-electron chi connectivity index (χ3n) is 4.89. The molecule has 154 valence electrons. The SMILES string of the molecule is O=C(O)c1ccc(-c2noc([C@H]3CCCCN3C(=O)COc3ccccc3)n2)nc1. The lowest BCUT2D eigenvalue weighted by molar-refractivity contribution is -0.138. The van der Waals surface area contributed by atoms with Gasteiger partial charge in [-0.15, -0.1) is 0 Å². The van der Waals surface area contributed by atoms with Crippen molar-refractivity contribution in [2.45, 2.75) is 25.3 Å². The number of para-hydroxylation sites is 1. The largest absolute Gasteiger partial charge is 0.484 e. The van der Waals surface area contributed by atoms with Crippen molar-refractivity contribution >= 4 is 11.9 Å². The van der Waals surface area contributed by atoms with Crippen LogP contribution in [0.25, 0.3) is 11.5 Å². The number of carbonyl (C=O) groups is 2. The fourth-order valence-corrected chi connectivity index (χ4v) is 3.36. The van der Waals surface area contributed by atoms with E-state index in [4.69, 9.17) is 14.4 Å². The van der Waals surface area contributed by atoms with Crippen molar-refractivity contribution in [2.75, 3.05) is 13.2 Å². The Kier molecular flexibility index (Phi) is 5.69. The molecule has 1 amide bonds. The smallest absolute Gasteiger partial charge is 0.337 e. The Labute approximate surface area is 172 Å². The number of carboxylic acids is 1. The highest BCUT2D eigenvalue weighted by molar-refractivity contribution is 5.87. The van der Waals surface area contributed by atoms with Crippen LogP contribution in [-0.2, 0) is 4.79 Å². The zero-order valence-corrected chi connectivity index (χ0v) is 16.1. The van der Waals surface area contributed by atoms with Crippen LogP contribution >= 0.6 is 0 Å². The number of aromatic nitrogens is 3. The molecule has 1 aliphatic heterocycles. The van der Waals surface area contributed by atoms with Crippen LogP contribution in [-0.4, -0.2) is 50.2 Å². The Bertz CT molecular complexity index is 1020. The van der Waals surface area contributed by atoms with Gasteiger partial charge in [0.05, 0.1) is 5.56 Å². The van der Waals surface area contributed by atoms with Crippen LogP contribution < -0.4 is 4.74 Å². The molecule has 0 bridgehead atoms.